The van der Waals surface area contributed by atoms with Gasteiger partial charge in [0.15, 0.2) is 0 Å². The Morgan fingerprint density at radius 2 is 1.97 bits per heavy atom. The van der Waals surface area contributed by atoms with Crippen LogP contribution in [-0.4, -0.2) is 40.2 Å². The molecule has 0 radical (unpaired) electrons. The lowest BCUT2D eigenvalue weighted by atomic mass is 10.2. The van der Waals surface area contributed by atoms with E-state index < -0.39 is 0 Å². The molecule has 0 aromatic carbocycles. The van der Waals surface area contributed by atoms with Gasteiger partial charge in [-0.05, 0) is 49.8 Å². The molecular weight excluding hydrogens is 418 g/mol. The van der Waals surface area contributed by atoms with Gasteiger partial charge in [0.05, 0.1) is 12.2 Å². The van der Waals surface area contributed by atoms with E-state index in [1.807, 2.05) is 29.8 Å². The summed E-state index contributed by atoms with van der Waals surface area (Å²) in [6.07, 6.45) is 12.6. The zero-order chi connectivity index (χ0) is 22.4. The molecule has 166 valence electrons. The van der Waals surface area contributed by atoms with Crippen molar-refractivity contribution in [3.63, 3.8) is 0 Å². The predicted octanol–water partition coefficient (Wildman–Crippen LogP) is 2.85. The van der Waals surface area contributed by atoms with Gasteiger partial charge < -0.3 is 5.32 Å². The van der Waals surface area contributed by atoms with Crippen molar-refractivity contribution in [1.29, 1.82) is 0 Å². The fourth-order valence-corrected chi connectivity index (χ4v) is 3.98. The van der Waals surface area contributed by atoms with Gasteiger partial charge in [-0.15, -0.1) is 0 Å². The van der Waals surface area contributed by atoms with Crippen LogP contribution in [0, 0.1) is 12.8 Å². The molecule has 2 aliphatic rings. The quantitative estimate of drug-likeness (QED) is 0.449. The monoisotopic (exact) mass is 441 g/mol. The van der Waals surface area contributed by atoms with Crippen LogP contribution in [0.4, 0.5) is 11.8 Å². The molecule has 1 amide bonds. The van der Waals surface area contributed by atoms with E-state index in [0.29, 0.717) is 24.1 Å². The van der Waals surface area contributed by atoms with Crippen molar-refractivity contribution in [2.75, 3.05) is 10.6 Å². The summed E-state index contributed by atoms with van der Waals surface area (Å²) in [5.41, 5.74) is 3.03. The summed E-state index contributed by atoms with van der Waals surface area (Å²) >= 11 is 0. The minimum Gasteiger partial charge on any atom is -0.364 e. The number of rotatable bonds is 7. The lowest BCUT2D eigenvalue weighted by molar-refractivity contribution is -0.117. The average Bonchev–Trinajstić information content (AvgIpc) is 3.74. The smallest absolute Gasteiger partial charge is 0.233 e. The van der Waals surface area contributed by atoms with E-state index >= 15 is 0 Å². The van der Waals surface area contributed by atoms with Crippen LogP contribution in [0.2, 0.25) is 0 Å². The first-order valence-electron chi connectivity index (χ1n) is 11.1. The van der Waals surface area contributed by atoms with Gasteiger partial charge in [0.1, 0.15) is 11.6 Å². The molecule has 2 N–H and O–H groups in total. The molecule has 4 aromatic heterocycles. The van der Waals surface area contributed by atoms with Gasteiger partial charge in [0, 0.05) is 48.5 Å². The van der Waals surface area contributed by atoms with Crippen molar-refractivity contribution < 1.29 is 4.79 Å². The second kappa shape index (κ2) is 7.88. The molecule has 0 spiro atoms. The molecule has 4 aromatic rings. The van der Waals surface area contributed by atoms with Gasteiger partial charge in [0.2, 0.25) is 17.6 Å². The van der Waals surface area contributed by atoms with Gasteiger partial charge in [-0.25, -0.2) is 24.9 Å². The first kappa shape index (κ1) is 19.7. The number of carbonyl (C=O) groups is 1. The van der Waals surface area contributed by atoms with Crippen molar-refractivity contribution in [2.24, 2.45) is 5.92 Å². The van der Waals surface area contributed by atoms with Gasteiger partial charge in [-0.2, -0.15) is 4.98 Å². The summed E-state index contributed by atoms with van der Waals surface area (Å²) in [4.78, 5) is 39.0. The summed E-state index contributed by atoms with van der Waals surface area (Å²) in [6, 6.07) is 3.61. The first-order valence-corrected chi connectivity index (χ1v) is 11.1. The van der Waals surface area contributed by atoms with Gasteiger partial charge >= 0.3 is 0 Å². The van der Waals surface area contributed by atoms with E-state index in [4.69, 9.17) is 0 Å². The van der Waals surface area contributed by atoms with Gasteiger partial charge in [-0.3, -0.25) is 14.5 Å². The number of aryl methyl sites for hydroxylation is 1. The SMILES string of the molecule is Cc1ccnc(C2CC2C(=O)Nc2nccc(NCc3cn4cc(C5CC5)cnc4n3)n2)n1. The maximum atomic E-state index is 12.6. The Kier molecular flexibility index (Phi) is 4.70. The number of anilines is 2. The highest BCUT2D eigenvalue weighted by atomic mass is 16.2. The lowest BCUT2D eigenvalue weighted by Gasteiger charge is -2.07. The Bertz CT molecular complexity index is 1350. The zero-order valence-electron chi connectivity index (χ0n) is 18.1. The fraction of sp³-hybridized carbons (Fsp3) is 0.348. The molecule has 2 aliphatic carbocycles. The molecule has 0 saturated heterocycles. The molecule has 2 fully saturated rings. The number of fused-ring (bicyclic) bond motifs is 1. The minimum atomic E-state index is -0.155. The van der Waals surface area contributed by atoms with Crippen LogP contribution in [-0.2, 0) is 11.3 Å². The molecule has 10 heteroatoms. The van der Waals surface area contributed by atoms with Crippen LogP contribution in [0.3, 0.4) is 0 Å². The van der Waals surface area contributed by atoms with Crippen molar-refractivity contribution >= 4 is 23.5 Å². The summed E-state index contributed by atoms with van der Waals surface area (Å²) in [6.45, 7) is 2.41. The molecule has 2 atom stereocenters. The second-order valence-corrected chi connectivity index (χ2v) is 8.71. The highest BCUT2D eigenvalue weighted by molar-refractivity contribution is 5.93. The number of hydrogen-bond acceptors (Lipinski definition) is 8. The summed E-state index contributed by atoms with van der Waals surface area (Å²) in [5, 5.41) is 6.06. The highest BCUT2D eigenvalue weighted by Gasteiger charge is 2.46. The van der Waals surface area contributed by atoms with Crippen LogP contribution < -0.4 is 10.6 Å². The number of amides is 1. The Labute approximate surface area is 190 Å². The molecule has 33 heavy (non-hydrogen) atoms. The zero-order valence-corrected chi connectivity index (χ0v) is 18.1. The van der Waals surface area contributed by atoms with Gasteiger partial charge in [-0.1, -0.05) is 0 Å². The van der Waals surface area contributed by atoms with E-state index in [9.17, 15) is 4.79 Å². The number of carbonyl (C=O) groups excluding carboxylic acids is 1. The summed E-state index contributed by atoms with van der Waals surface area (Å²) < 4.78 is 1.97. The van der Waals surface area contributed by atoms with Crippen molar-refractivity contribution in [1.82, 2.24) is 34.3 Å². The van der Waals surface area contributed by atoms with Crippen molar-refractivity contribution in [3.8, 4) is 0 Å². The predicted molar refractivity (Wildman–Crippen MR) is 121 cm³/mol. The van der Waals surface area contributed by atoms with Crippen LogP contribution in [0.15, 0.2) is 43.1 Å². The van der Waals surface area contributed by atoms with Crippen LogP contribution in [0.5, 0.6) is 0 Å². The topological polar surface area (TPSA) is 123 Å². The number of imidazole rings is 1. The van der Waals surface area contributed by atoms with E-state index in [1.165, 1.54) is 18.4 Å². The van der Waals surface area contributed by atoms with Crippen molar-refractivity contribution in [3.05, 3.63) is 65.9 Å². The molecule has 4 heterocycles. The standard InChI is InChI=1S/C23H23N9O/c1-13-4-6-24-20(28-13)17-8-18(17)21(33)31-22-25-7-5-19(30-22)26-10-16-12-32-11-15(14-2-3-14)9-27-23(32)29-16/h4-7,9,11-12,14,17-18H,2-3,8,10H2,1H3,(H2,25,26,30,31,33). The highest BCUT2D eigenvalue weighted by Crippen LogP contribution is 2.46. The number of nitrogens with one attached hydrogen (secondary N) is 2. The fourth-order valence-electron chi connectivity index (χ4n) is 3.98. The largest absolute Gasteiger partial charge is 0.364 e. The van der Waals surface area contributed by atoms with Gasteiger partial charge in [0.25, 0.3) is 0 Å². The molecular formula is C23H23N9O. The second-order valence-electron chi connectivity index (χ2n) is 8.71. The molecule has 0 aliphatic heterocycles. The normalized spacial score (nSPS) is 19.4. The Hall–Kier alpha value is -3.95. The Morgan fingerprint density at radius 1 is 1.09 bits per heavy atom. The van der Waals surface area contributed by atoms with Crippen LogP contribution >= 0.6 is 0 Å². The van der Waals surface area contributed by atoms with E-state index in [1.54, 1.807) is 18.5 Å². The molecule has 2 saturated carbocycles. The summed E-state index contributed by atoms with van der Waals surface area (Å²) in [5.74, 6) is 2.72. The minimum absolute atomic E-state index is 0.0512. The molecule has 10 nitrogen and oxygen atoms in total. The van der Waals surface area contributed by atoms with Crippen LogP contribution in [0.1, 0.15) is 53.9 Å². The number of nitrogens with zero attached hydrogens (tertiary/aromatic N) is 7. The van der Waals surface area contributed by atoms with E-state index in [2.05, 4.69) is 46.7 Å². The van der Waals surface area contributed by atoms with Crippen molar-refractivity contribution in [2.45, 2.75) is 44.6 Å². The Balaban J connectivity index is 1.08. The number of aromatic nitrogens is 7. The van der Waals surface area contributed by atoms with E-state index in [0.717, 1.165) is 23.6 Å². The maximum absolute atomic E-state index is 12.6. The average molecular weight is 441 g/mol. The number of hydrogen-bond donors (Lipinski definition) is 2. The molecule has 0 bridgehead atoms. The first-order chi connectivity index (χ1) is 16.1. The van der Waals surface area contributed by atoms with Crippen LogP contribution in [0.25, 0.3) is 5.78 Å². The third-order valence-electron chi connectivity index (χ3n) is 6.04. The lowest BCUT2D eigenvalue weighted by Crippen LogP contribution is -2.17. The molecule has 6 rings (SSSR count). The van der Waals surface area contributed by atoms with E-state index in [-0.39, 0.29) is 23.7 Å². The molecule has 2 unspecified atom stereocenters. The summed E-state index contributed by atoms with van der Waals surface area (Å²) in [7, 11) is 0. The Morgan fingerprint density at radius 3 is 2.82 bits per heavy atom. The third kappa shape index (κ3) is 4.23. The third-order valence-corrected chi connectivity index (χ3v) is 6.04. The maximum Gasteiger partial charge on any atom is 0.233 e.